The highest BCUT2D eigenvalue weighted by atomic mass is 16.4. The average Bonchev–Trinajstić information content (AvgIpc) is 3.02. The minimum atomic E-state index is -0.119. The van der Waals surface area contributed by atoms with Gasteiger partial charge in [-0.05, 0) is 0 Å². The Morgan fingerprint density at radius 3 is 2.76 bits per heavy atom. The van der Waals surface area contributed by atoms with Gasteiger partial charge in [-0.25, -0.2) is 9.97 Å². The van der Waals surface area contributed by atoms with Crippen molar-refractivity contribution in [2.45, 2.75) is 39.2 Å². The number of fused-ring (bicyclic) bond motifs is 1. The zero-order valence-corrected chi connectivity index (χ0v) is 12.9. The number of nitrogens with zero attached hydrogens (tertiary/aromatic N) is 4. The first-order chi connectivity index (χ1) is 9.86. The summed E-state index contributed by atoms with van der Waals surface area (Å²) in [5, 5.41) is 0. The predicted molar refractivity (Wildman–Crippen MR) is 76.9 cm³/mol. The molecule has 112 valence electrons. The maximum Gasteiger partial charge on any atom is 0.290 e. The number of oxazole rings is 1. The molecular formula is C15H20N4O2. The normalized spacial score (nSPS) is 15.1. The monoisotopic (exact) mass is 288 g/mol. The molecule has 3 rings (SSSR count). The number of amides is 1. The van der Waals surface area contributed by atoms with Crippen molar-refractivity contribution in [2.75, 3.05) is 6.54 Å². The number of rotatable bonds is 1. The molecule has 0 atom stereocenters. The number of carbonyl (C=O) groups excluding carboxylic acids is 1. The fourth-order valence-corrected chi connectivity index (χ4v) is 2.41. The van der Waals surface area contributed by atoms with Gasteiger partial charge in [-0.2, -0.15) is 0 Å². The molecular weight excluding hydrogens is 268 g/mol. The van der Waals surface area contributed by atoms with Crippen LogP contribution in [-0.2, 0) is 25.4 Å². The van der Waals surface area contributed by atoms with E-state index in [0.29, 0.717) is 25.3 Å². The van der Waals surface area contributed by atoms with Crippen LogP contribution in [0.3, 0.4) is 0 Å². The van der Waals surface area contributed by atoms with Crippen LogP contribution < -0.4 is 0 Å². The average molecular weight is 288 g/mol. The van der Waals surface area contributed by atoms with Gasteiger partial charge in [0.15, 0.2) is 11.7 Å². The Hall–Kier alpha value is -2.11. The van der Waals surface area contributed by atoms with Crippen molar-refractivity contribution in [1.29, 1.82) is 0 Å². The molecule has 0 aliphatic carbocycles. The zero-order chi connectivity index (χ0) is 15.2. The zero-order valence-electron chi connectivity index (χ0n) is 12.9. The number of aryl methyl sites for hydroxylation is 1. The summed E-state index contributed by atoms with van der Waals surface area (Å²) in [5.74, 6) is 2.04. The van der Waals surface area contributed by atoms with Crippen LogP contribution in [0, 0.1) is 0 Å². The SMILES string of the molecule is Cn1ccnc1C(=O)N1CCc2oc(C(C)(C)C)nc2C1. The Kier molecular flexibility index (Phi) is 3.11. The standard InChI is InChI=1S/C15H20N4O2/c1-15(2,3)14-17-10-9-19(7-5-11(10)21-14)13(20)12-16-6-8-18(12)4/h6,8H,5,7,9H2,1-4H3. The second-order valence-corrected chi connectivity index (χ2v) is 6.48. The number of hydrogen-bond acceptors (Lipinski definition) is 4. The molecule has 2 aromatic heterocycles. The van der Waals surface area contributed by atoms with Gasteiger partial charge in [0.2, 0.25) is 0 Å². The molecule has 0 radical (unpaired) electrons. The van der Waals surface area contributed by atoms with E-state index in [9.17, 15) is 4.79 Å². The van der Waals surface area contributed by atoms with E-state index in [1.165, 1.54) is 0 Å². The summed E-state index contributed by atoms with van der Waals surface area (Å²) in [5.41, 5.74) is 0.750. The van der Waals surface area contributed by atoms with Gasteiger partial charge in [0.1, 0.15) is 11.5 Å². The number of imidazole rings is 1. The molecule has 1 amide bonds. The molecule has 0 spiro atoms. The molecule has 2 aromatic rings. The van der Waals surface area contributed by atoms with E-state index in [1.807, 2.05) is 7.05 Å². The Balaban J connectivity index is 1.83. The third-order valence-corrected chi connectivity index (χ3v) is 3.67. The van der Waals surface area contributed by atoms with Gasteiger partial charge in [0.05, 0.1) is 6.54 Å². The summed E-state index contributed by atoms with van der Waals surface area (Å²) in [6, 6.07) is 0. The topological polar surface area (TPSA) is 64.2 Å². The van der Waals surface area contributed by atoms with E-state index < -0.39 is 0 Å². The van der Waals surface area contributed by atoms with E-state index in [-0.39, 0.29) is 11.3 Å². The fourth-order valence-electron chi connectivity index (χ4n) is 2.41. The van der Waals surface area contributed by atoms with Crippen LogP contribution in [0.4, 0.5) is 0 Å². The van der Waals surface area contributed by atoms with Crippen molar-refractivity contribution in [2.24, 2.45) is 7.05 Å². The number of carbonyl (C=O) groups is 1. The lowest BCUT2D eigenvalue weighted by Gasteiger charge is -2.24. The molecule has 6 heteroatoms. The summed E-state index contributed by atoms with van der Waals surface area (Å²) in [6.45, 7) is 7.33. The lowest BCUT2D eigenvalue weighted by molar-refractivity contribution is 0.0711. The molecule has 21 heavy (non-hydrogen) atoms. The van der Waals surface area contributed by atoms with Crippen molar-refractivity contribution in [1.82, 2.24) is 19.4 Å². The molecule has 0 unspecified atom stereocenters. The third kappa shape index (κ3) is 2.46. The van der Waals surface area contributed by atoms with Crippen molar-refractivity contribution in [3.63, 3.8) is 0 Å². The van der Waals surface area contributed by atoms with Crippen LogP contribution in [-0.4, -0.2) is 31.9 Å². The Labute approximate surface area is 123 Å². The van der Waals surface area contributed by atoms with Gasteiger partial charge in [-0.15, -0.1) is 0 Å². The second kappa shape index (κ2) is 4.72. The summed E-state index contributed by atoms with van der Waals surface area (Å²) in [4.78, 5) is 22.9. The lowest BCUT2D eigenvalue weighted by Crippen LogP contribution is -2.37. The largest absolute Gasteiger partial charge is 0.445 e. The highest BCUT2D eigenvalue weighted by Crippen LogP contribution is 2.27. The first-order valence-corrected chi connectivity index (χ1v) is 7.12. The third-order valence-electron chi connectivity index (χ3n) is 3.67. The molecule has 0 aromatic carbocycles. The van der Waals surface area contributed by atoms with Crippen LogP contribution in [0.2, 0.25) is 0 Å². The molecule has 1 aliphatic rings. The maximum absolute atomic E-state index is 12.5. The molecule has 6 nitrogen and oxygen atoms in total. The van der Waals surface area contributed by atoms with E-state index in [0.717, 1.165) is 17.3 Å². The summed E-state index contributed by atoms with van der Waals surface area (Å²) in [6.07, 6.45) is 4.11. The maximum atomic E-state index is 12.5. The van der Waals surface area contributed by atoms with Gasteiger partial charge in [0.25, 0.3) is 5.91 Å². The minimum Gasteiger partial charge on any atom is -0.445 e. The van der Waals surface area contributed by atoms with Crippen LogP contribution in [0.15, 0.2) is 16.8 Å². The summed E-state index contributed by atoms with van der Waals surface area (Å²) < 4.78 is 7.58. The summed E-state index contributed by atoms with van der Waals surface area (Å²) >= 11 is 0. The van der Waals surface area contributed by atoms with Crippen molar-refractivity contribution in [3.05, 3.63) is 35.6 Å². The lowest BCUT2D eigenvalue weighted by atomic mass is 9.97. The minimum absolute atomic E-state index is 0.0616. The Bertz CT molecular complexity index is 678. The first-order valence-electron chi connectivity index (χ1n) is 7.12. The van der Waals surface area contributed by atoms with E-state index >= 15 is 0 Å². The fraction of sp³-hybridized carbons (Fsp3) is 0.533. The van der Waals surface area contributed by atoms with Gasteiger partial charge < -0.3 is 13.9 Å². The molecule has 0 saturated heterocycles. The van der Waals surface area contributed by atoms with E-state index in [1.54, 1.807) is 21.9 Å². The van der Waals surface area contributed by atoms with Crippen molar-refractivity contribution < 1.29 is 9.21 Å². The number of aromatic nitrogens is 3. The predicted octanol–water partition coefficient (Wildman–Crippen LogP) is 1.90. The molecule has 0 saturated carbocycles. The quantitative estimate of drug-likeness (QED) is 0.804. The second-order valence-electron chi connectivity index (χ2n) is 6.48. The number of hydrogen-bond donors (Lipinski definition) is 0. The first kappa shape index (κ1) is 13.9. The highest BCUT2D eigenvalue weighted by Gasteiger charge is 2.30. The van der Waals surface area contributed by atoms with Gasteiger partial charge >= 0.3 is 0 Å². The Morgan fingerprint density at radius 2 is 2.14 bits per heavy atom. The van der Waals surface area contributed by atoms with E-state index in [4.69, 9.17) is 4.42 Å². The molecule has 0 N–H and O–H groups in total. The van der Waals surface area contributed by atoms with Crippen LogP contribution in [0.1, 0.15) is 48.7 Å². The smallest absolute Gasteiger partial charge is 0.290 e. The van der Waals surface area contributed by atoms with E-state index in [2.05, 4.69) is 30.7 Å². The van der Waals surface area contributed by atoms with Crippen molar-refractivity contribution in [3.8, 4) is 0 Å². The van der Waals surface area contributed by atoms with Gasteiger partial charge in [-0.1, -0.05) is 20.8 Å². The molecule has 1 aliphatic heterocycles. The van der Waals surface area contributed by atoms with Crippen LogP contribution >= 0.6 is 0 Å². The van der Waals surface area contributed by atoms with Crippen molar-refractivity contribution >= 4 is 5.91 Å². The molecule has 3 heterocycles. The molecule has 0 fully saturated rings. The van der Waals surface area contributed by atoms with Gasteiger partial charge in [0, 0.05) is 37.8 Å². The van der Waals surface area contributed by atoms with Gasteiger partial charge in [-0.3, -0.25) is 4.79 Å². The van der Waals surface area contributed by atoms with Crippen LogP contribution in [0.25, 0.3) is 0 Å². The molecule has 0 bridgehead atoms. The summed E-state index contributed by atoms with van der Waals surface area (Å²) in [7, 11) is 1.82. The Morgan fingerprint density at radius 1 is 1.38 bits per heavy atom. The highest BCUT2D eigenvalue weighted by molar-refractivity contribution is 5.90. The van der Waals surface area contributed by atoms with Crippen LogP contribution in [0.5, 0.6) is 0 Å².